The number of hydrogen-bond donors (Lipinski definition) is 1. The van der Waals surface area contributed by atoms with Crippen molar-refractivity contribution in [2.45, 2.75) is 6.61 Å². The summed E-state index contributed by atoms with van der Waals surface area (Å²) < 4.78 is 19.8. The van der Waals surface area contributed by atoms with Crippen LogP contribution in [0.3, 0.4) is 0 Å². The lowest BCUT2D eigenvalue weighted by Crippen LogP contribution is -2.13. The number of nitrogens with two attached hydrogens (primary N) is 1. The van der Waals surface area contributed by atoms with Gasteiger partial charge in [0.25, 0.3) is 0 Å². The Kier molecular flexibility index (Phi) is 4.75. The van der Waals surface area contributed by atoms with Crippen LogP contribution in [0.1, 0.15) is 11.1 Å². The zero-order chi connectivity index (χ0) is 15.4. The quantitative estimate of drug-likeness (QED) is 0.862. The molecule has 0 aliphatic heterocycles. The summed E-state index contributed by atoms with van der Waals surface area (Å²) in [6, 6.07) is 12.5. The van der Waals surface area contributed by atoms with Crippen molar-refractivity contribution in [3.8, 4) is 5.75 Å². The van der Waals surface area contributed by atoms with E-state index >= 15 is 0 Å². The van der Waals surface area contributed by atoms with Crippen LogP contribution in [0.25, 0.3) is 0 Å². The average Bonchev–Trinajstić information content (AvgIpc) is 2.46. The highest BCUT2D eigenvalue weighted by atomic mass is 32.1. The van der Waals surface area contributed by atoms with Gasteiger partial charge in [-0.3, -0.25) is 0 Å². The molecule has 0 atom stereocenters. The molecule has 0 bridgehead atoms. The van der Waals surface area contributed by atoms with Crippen LogP contribution < -0.4 is 15.4 Å². The van der Waals surface area contributed by atoms with E-state index in [9.17, 15) is 4.39 Å². The third-order valence-electron chi connectivity index (χ3n) is 3.07. The maximum atomic E-state index is 14.2. The van der Waals surface area contributed by atoms with Gasteiger partial charge in [-0.1, -0.05) is 30.4 Å². The van der Waals surface area contributed by atoms with Crippen molar-refractivity contribution in [3.05, 3.63) is 59.4 Å². The lowest BCUT2D eigenvalue weighted by molar-refractivity contribution is 0.300. The predicted octanol–water partition coefficient (Wildman–Crippen LogP) is 3.10. The van der Waals surface area contributed by atoms with Crippen LogP contribution in [-0.2, 0) is 6.61 Å². The van der Waals surface area contributed by atoms with Gasteiger partial charge in [0.2, 0.25) is 0 Å². The minimum absolute atomic E-state index is 0.0453. The van der Waals surface area contributed by atoms with Gasteiger partial charge < -0.3 is 15.4 Å². The highest BCUT2D eigenvalue weighted by molar-refractivity contribution is 7.80. The number of halogens is 1. The molecule has 0 fully saturated rings. The molecule has 2 N–H and O–H groups in total. The van der Waals surface area contributed by atoms with Crippen LogP contribution in [0, 0.1) is 5.82 Å². The van der Waals surface area contributed by atoms with E-state index in [1.54, 1.807) is 18.2 Å². The standard InChI is InChI=1S/C16H17FN2OS/c1-19(2)12-6-4-7-13(9-12)20-10-11-5-3-8-14(15(11)17)16(18)21/h3-9H,10H2,1-2H3,(H2,18,21). The number of nitrogens with zero attached hydrogens (tertiary/aromatic N) is 1. The van der Waals surface area contributed by atoms with Crippen LogP contribution in [0.4, 0.5) is 10.1 Å². The van der Waals surface area contributed by atoms with E-state index < -0.39 is 5.82 Å². The second kappa shape index (κ2) is 6.54. The Labute approximate surface area is 129 Å². The van der Waals surface area contributed by atoms with E-state index in [1.165, 1.54) is 0 Å². The second-order valence-electron chi connectivity index (χ2n) is 4.82. The van der Waals surface area contributed by atoms with Crippen molar-refractivity contribution < 1.29 is 9.13 Å². The maximum absolute atomic E-state index is 14.2. The number of ether oxygens (including phenoxy) is 1. The van der Waals surface area contributed by atoms with Gasteiger partial charge in [0.05, 0.1) is 0 Å². The molecule has 21 heavy (non-hydrogen) atoms. The van der Waals surface area contributed by atoms with Gasteiger partial charge in [0.15, 0.2) is 0 Å². The first-order valence-corrected chi connectivity index (χ1v) is 6.87. The first-order valence-electron chi connectivity index (χ1n) is 6.46. The highest BCUT2D eigenvalue weighted by Crippen LogP contribution is 2.21. The zero-order valence-corrected chi connectivity index (χ0v) is 12.8. The van der Waals surface area contributed by atoms with E-state index in [-0.39, 0.29) is 17.2 Å². The van der Waals surface area contributed by atoms with Gasteiger partial charge >= 0.3 is 0 Å². The fourth-order valence-electron chi connectivity index (χ4n) is 1.89. The first kappa shape index (κ1) is 15.3. The Morgan fingerprint density at radius 2 is 1.95 bits per heavy atom. The van der Waals surface area contributed by atoms with Gasteiger partial charge in [-0.05, 0) is 18.2 Å². The molecule has 0 saturated heterocycles. The molecule has 0 spiro atoms. The number of rotatable bonds is 5. The summed E-state index contributed by atoms with van der Waals surface area (Å²) in [6.45, 7) is 0.124. The molecular formula is C16H17FN2OS. The molecule has 0 amide bonds. The van der Waals surface area contributed by atoms with Crippen LogP contribution >= 0.6 is 12.2 Å². The molecular weight excluding hydrogens is 287 g/mol. The van der Waals surface area contributed by atoms with Crippen molar-refractivity contribution in [2.24, 2.45) is 5.73 Å². The van der Waals surface area contributed by atoms with E-state index in [0.29, 0.717) is 11.3 Å². The summed E-state index contributed by atoms with van der Waals surface area (Å²) in [7, 11) is 3.90. The Balaban J connectivity index is 2.15. The van der Waals surface area contributed by atoms with Gasteiger partial charge in [0, 0.05) is 37.0 Å². The molecule has 2 rings (SSSR count). The molecule has 2 aromatic carbocycles. The Morgan fingerprint density at radius 3 is 2.62 bits per heavy atom. The first-order chi connectivity index (χ1) is 9.99. The van der Waals surface area contributed by atoms with Crippen molar-refractivity contribution in [1.29, 1.82) is 0 Å². The molecule has 0 heterocycles. The van der Waals surface area contributed by atoms with Crippen LogP contribution in [-0.4, -0.2) is 19.1 Å². The van der Waals surface area contributed by atoms with E-state index in [0.717, 1.165) is 5.69 Å². The topological polar surface area (TPSA) is 38.5 Å². The Morgan fingerprint density at radius 1 is 1.24 bits per heavy atom. The summed E-state index contributed by atoms with van der Waals surface area (Å²) >= 11 is 4.82. The van der Waals surface area contributed by atoms with E-state index in [4.69, 9.17) is 22.7 Å². The fraction of sp³-hybridized carbons (Fsp3) is 0.188. The number of benzene rings is 2. The van der Waals surface area contributed by atoms with Crippen LogP contribution in [0.2, 0.25) is 0 Å². The average molecular weight is 304 g/mol. The molecule has 110 valence electrons. The lowest BCUT2D eigenvalue weighted by Gasteiger charge is -2.14. The predicted molar refractivity (Wildman–Crippen MR) is 87.4 cm³/mol. The Hall–Kier alpha value is -2.14. The summed E-state index contributed by atoms with van der Waals surface area (Å²) in [6.07, 6.45) is 0. The lowest BCUT2D eigenvalue weighted by atomic mass is 10.1. The summed E-state index contributed by atoms with van der Waals surface area (Å²) in [5.74, 6) is 0.259. The van der Waals surface area contributed by atoms with Gasteiger partial charge in [-0.2, -0.15) is 0 Å². The van der Waals surface area contributed by atoms with Gasteiger partial charge in [-0.15, -0.1) is 0 Å². The summed E-state index contributed by atoms with van der Waals surface area (Å²) in [4.78, 5) is 2.02. The maximum Gasteiger partial charge on any atom is 0.139 e. The van der Waals surface area contributed by atoms with Crippen molar-refractivity contribution in [3.63, 3.8) is 0 Å². The van der Waals surface area contributed by atoms with Crippen LogP contribution in [0.5, 0.6) is 5.75 Å². The van der Waals surface area contributed by atoms with Crippen LogP contribution in [0.15, 0.2) is 42.5 Å². The minimum Gasteiger partial charge on any atom is -0.489 e. The zero-order valence-electron chi connectivity index (χ0n) is 12.0. The molecule has 0 aliphatic carbocycles. The largest absolute Gasteiger partial charge is 0.489 e. The second-order valence-corrected chi connectivity index (χ2v) is 5.26. The third kappa shape index (κ3) is 3.70. The minimum atomic E-state index is -0.422. The van der Waals surface area contributed by atoms with E-state index in [1.807, 2.05) is 43.3 Å². The normalized spacial score (nSPS) is 10.2. The van der Waals surface area contributed by atoms with Crippen molar-refractivity contribution in [1.82, 2.24) is 0 Å². The highest BCUT2D eigenvalue weighted by Gasteiger charge is 2.10. The fourth-order valence-corrected chi connectivity index (χ4v) is 2.05. The Bertz CT molecular complexity index is 658. The van der Waals surface area contributed by atoms with Crippen molar-refractivity contribution in [2.75, 3.05) is 19.0 Å². The molecule has 0 aliphatic rings. The molecule has 2 aromatic rings. The SMILES string of the molecule is CN(C)c1cccc(OCc2cccc(C(N)=S)c2F)c1. The van der Waals surface area contributed by atoms with Gasteiger partial charge in [0.1, 0.15) is 23.2 Å². The molecule has 5 heteroatoms. The van der Waals surface area contributed by atoms with E-state index in [2.05, 4.69) is 0 Å². The monoisotopic (exact) mass is 304 g/mol. The number of hydrogen-bond acceptors (Lipinski definition) is 3. The van der Waals surface area contributed by atoms with Crippen molar-refractivity contribution >= 4 is 22.9 Å². The molecule has 0 radical (unpaired) electrons. The van der Waals surface area contributed by atoms with Gasteiger partial charge in [-0.25, -0.2) is 4.39 Å². The number of thiocarbonyl (C=S) groups is 1. The summed E-state index contributed by atoms with van der Waals surface area (Å²) in [5.41, 5.74) is 7.18. The summed E-state index contributed by atoms with van der Waals surface area (Å²) in [5, 5.41) is 0. The molecule has 0 unspecified atom stereocenters. The number of anilines is 1. The molecule has 0 saturated carbocycles. The third-order valence-corrected chi connectivity index (χ3v) is 3.29. The smallest absolute Gasteiger partial charge is 0.139 e. The molecule has 3 nitrogen and oxygen atoms in total. The molecule has 0 aromatic heterocycles.